The summed E-state index contributed by atoms with van der Waals surface area (Å²) in [7, 11) is 0. The molecular formula is C13H21F3N2O. The molecule has 2 N–H and O–H groups in total. The Bertz CT molecular complexity index is 329. The molecular weight excluding hydrogens is 257 g/mol. The molecule has 2 aliphatic rings. The van der Waals surface area contributed by atoms with Crippen LogP contribution in [-0.2, 0) is 4.79 Å². The summed E-state index contributed by atoms with van der Waals surface area (Å²) in [5.74, 6) is -1.21. The second-order valence-corrected chi connectivity index (χ2v) is 6.05. The summed E-state index contributed by atoms with van der Waals surface area (Å²) in [6, 6.07) is -0.0940. The number of hydrogen-bond acceptors (Lipinski definition) is 2. The van der Waals surface area contributed by atoms with Gasteiger partial charge >= 0.3 is 6.18 Å². The van der Waals surface area contributed by atoms with E-state index < -0.39 is 17.5 Å². The number of nitrogens with one attached hydrogen (secondary N) is 2. The molecule has 0 aromatic rings. The first-order chi connectivity index (χ1) is 8.81. The van der Waals surface area contributed by atoms with E-state index in [1.807, 2.05) is 6.92 Å². The van der Waals surface area contributed by atoms with Crippen molar-refractivity contribution in [1.82, 2.24) is 10.6 Å². The molecule has 1 saturated carbocycles. The molecule has 1 saturated heterocycles. The van der Waals surface area contributed by atoms with Crippen LogP contribution in [0.5, 0.6) is 0 Å². The number of hydrogen-bond donors (Lipinski definition) is 2. The third-order valence-corrected chi connectivity index (χ3v) is 4.44. The molecule has 1 heterocycles. The highest BCUT2D eigenvalue weighted by Gasteiger charge is 2.42. The van der Waals surface area contributed by atoms with Gasteiger partial charge in [0.25, 0.3) is 0 Å². The summed E-state index contributed by atoms with van der Waals surface area (Å²) in [6.45, 7) is 3.38. The zero-order chi connectivity index (χ0) is 14.1. The van der Waals surface area contributed by atoms with E-state index >= 15 is 0 Å². The maximum Gasteiger partial charge on any atom is 0.391 e. The number of amides is 1. The average Bonchev–Trinajstić information content (AvgIpc) is 2.77. The normalized spacial score (nSPS) is 36.2. The second-order valence-electron chi connectivity index (χ2n) is 6.05. The Morgan fingerprint density at radius 3 is 2.37 bits per heavy atom. The Labute approximate surface area is 111 Å². The van der Waals surface area contributed by atoms with Crippen LogP contribution in [0, 0.1) is 11.3 Å². The molecule has 0 radical (unpaired) electrons. The van der Waals surface area contributed by atoms with Crippen molar-refractivity contribution in [2.24, 2.45) is 11.3 Å². The van der Waals surface area contributed by atoms with Crippen molar-refractivity contribution in [2.45, 2.75) is 51.2 Å². The molecule has 1 amide bonds. The van der Waals surface area contributed by atoms with E-state index in [9.17, 15) is 18.0 Å². The van der Waals surface area contributed by atoms with E-state index in [4.69, 9.17) is 0 Å². The van der Waals surface area contributed by atoms with Crippen molar-refractivity contribution < 1.29 is 18.0 Å². The van der Waals surface area contributed by atoms with Crippen LogP contribution in [0.1, 0.15) is 39.0 Å². The zero-order valence-electron chi connectivity index (χ0n) is 11.1. The van der Waals surface area contributed by atoms with Gasteiger partial charge in [0.2, 0.25) is 5.91 Å². The Morgan fingerprint density at radius 1 is 1.26 bits per heavy atom. The maximum absolute atomic E-state index is 12.5. The highest BCUT2D eigenvalue weighted by molar-refractivity contribution is 5.83. The van der Waals surface area contributed by atoms with Gasteiger partial charge in [-0.15, -0.1) is 0 Å². The topological polar surface area (TPSA) is 41.1 Å². The van der Waals surface area contributed by atoms with Crippen LogP contribution in [0.4, 0.5) is 13.2 Å². The highest BCUT2D eigenvalue weighted by atomic mass is 19.4. The van der Waals surface area contributed by atoms with Crippen molar-refractivity contribution in [1.29, 1.82) is 0 Å². The van der Waals surface area contributed by atoms with Crippen LogP contribution >= 0.6 is 0 Å². The monoisotopic (exact) mass is 278 g/mol. The summed E-state index contributed by atoms with van der Waals surface area (Å²) in [5, 5.41) is 6.08. The summed E-state index contributed by atoms with van der Waals surface area (Å²) < 4.78 is 37.6. The molecule has 1 unspecified atom stereocenters. The lowest BCUT2D eigenvalue weighted by molar-refractivity contribution is -0.182. The molecule has 19 heavy (non-hydrogen) atoms. The van der Waals surface area contributed by atoms with Crippen molar-refractivity contribution in [2.75, 3.05) is 13.1 Å². The maximum atomic E-state index is 12.5. The van der Waals surface area contributed by atoms with Crippen molar-refractivity contribution >= 4 is 5.91 Å². The van der Waals surface area contributed by atoms with Crippen LogP contribution in [0.3, 0.4) is 0 Å². The number of carbonyl (C=O) groups is 1. The summed E-state index contributed by atoms with van der Waals surface area (Å²) in [4.78, 5) is 12.1. The van der Waals surface area contributed by atoms with Gasteiger partial charge in [-0.3, -0.25) is 4.79 Å². The molecule has 2 rings (SSSR count). The number of halogens is 3. The third-order valence-electron chi connectivity index (χ3n) is 4.44. The minimum absolute atomic E-state index is 0.0204. The lowest BCUT2D eigenvalue weighted by Crippen LogP contribution is -2.47. The first-order valence-corrected chi connectivity index (χ1v) is 6.90. The lowest BCUT2D eigenvalue weighted by Gasteiger charge is -2.32. The molecule has 6 heteroatoms. The van der Waals surface area contributed by atoms with E-state index in [1.165, 1.54) is 0 Å². The van der Waals surface area contributed by atoms with Gasteiger partial charge in [-0.2, -0.15) is 13.2 Å². The fourth-order valence-electron chi connectivity index (χ4n) is 2.94. The SMILES string of the molecule is CC1(C(=O)NC2CCC(C(F)(F)F)CC2)CCNC1. The molecule has 1 atom stereocenters. The van der Waals surface area contributed by atoms with E-state index in [0.29, 0.717) is 19.4 Å². The molecule has 0 spiro atoms. The lowest BCUT2D eigenvalue weighted by atomic mass is 9.84. The van der Waals surface area contributed by atoms with Gasteiger partial charge in [0, 0.05) is 12.6 Å². The molecule has 110 valence electrons. The summed E-state index contributed by atoms with van der Waals surface area (Å²) >= 11 is 0. The molecule has 2 fully saturated rings. The van der Waals surface area contributed by atoms with E-state index in [0.717, 1.165) is 13.0 Å². The first kappa shape index (κ1) is 14.6. The van der Waals surface area contributed by atoms with Gasteiger partial charge in [0.1, 0.15) is 0 Å². The van der Waals surface area contributed by atoms with Crippen molar-refractivity contribution in [3.05, 3.63) is 0 Å². The number of carbonyl (C=O) groups excluding carboxylic acids is 1. The van der Waals surface area contributed by atoms with E-state index in [2.05, 4.69) is 10.6 Å². The Kier molecular flexibility index (Phi) is 4.08. The number of alkyl halides is 3. The number of rotatable bonds is 2. The smallest absolute Gasteiger partial charge is 0.353 e. The molecule has 0 aromatic heterocycles. The molecule has 1 aliphatic heterocycles. The van der Waals surface area contributed by atoms with E-state index in [1.54, 1.807) is 0 Å². The van der Waals surface area contributed by atoms with E-state index in [-0.39, 0.29) is 24.8 Å². The predicted molar refractivity (Wildman–Crippen MR) is 65.5 cm³/mol. The second kappa shape index (κ2) is 5.31. The predicted octanol–water partition coefficient (Wildman–Crippen LogP) is 2.22. The van der Waals surface area contributed by atoms with Crippen LogP contribution in [0.15, 0.2) is 0 Å². The standard InChI is InChI=1S/C13H21F3N2O/c1-12(6-7-17-8-12)11(19)18-10-4-2-9(3-5-10)13(14,15)16/h9-10,17H,2-8H2,1H3,(H,18,19). The molecule has 3 nitrogen and oxygen atoms in total. The minimum atomic E-state index is -4.09. The Hall–Kier alpha value is -0.780. The largest absolute Gasteiger partial charge is 0.391 e. The van der Waals surface area contributed by atoms with Gasteiger partial charge < -0.3 is 10.6 Å². The fourth-order valence-corrected chi connectivity index (χ4v) is 2.94. The quantitative estimate of drug-likeness (QED) is 0.813. The van der Waals surface area contributed by atoms with Gasteiger partial charge in [-0.05, 0) is 45.6 Å². The van der Waals surface area contributed by atoms with Gasteiger partial charge in [0.15, 0.2) is 0 Å². The van der Waals surface area contributed by atoms with Crippen molar-refractivity contribution in [3.63, 3.8) is 0 Å². The Balaban J connectivity index is 1.81. The zero-order valence-corrected chi connectivity index (χ0v) is 11.1. The first-order valence-electron chi connectivity index (χ1n) is 6.90. The van der Waals surface area contributed by atoms with Gasteiger partial charge in [-0.25, -0.2) is 0 Å². The minimum Gasteiger partial charge on any atom is -0.353 e. The van der Waals surface area contributed by atoms with Crippen LogP contribution in [0.25, 0.3) is 0 Å². The molecule has 1 aliphatic carbocycles. The Morgan fingerprint density at radius 2 is 1.89 bits per heavy atom. The third kappa shape index (κ3) is 3.41. The summed E-state index contributed by atoms with van der Waals surface area (Å²) in [6.07, 6.45) is -2.18. The fraction of sp³-hybridized carbons (Fsp3) is 0.923. The molecule has 0 aromatic carbocycles. The van der Waals surface area contributed by atoms with Gasteiger partial charge in [0.05, 0.1) is 11.3 Å². The van der Waals surface area contributed by atoms with Crippen molar-refractivity contribution in [3.8, 4) is 0 Å². The summed E-state index contributed by atoms with van der Waals surface area (Å²) in [5.41, 5.74) is -0.402. The highest BCUT2D eigenvalue weighted by Crippen LogP contribution is 2.37. The van der Waals surface area contributed by atoms with Gasteiger partial charge in [-0.1, -0.05) is 0 Å². The molecule has 0 bridgehead atoms. The van der Waals surface area contributed by atoms with Crippen LogP contribution in [-0.4, -0.2) is 31.2 Å². The van der Waals surface area contributed by atoms with Crippen LogP contribution in [0.2, 0.25) is 0 Å². The van der Waals surface area contributed by atoms with Crippen LogP contribution < -0.4 is 10.6 Å². The average molecular weight is 278 g/mol.